The smallest absolute Gasteiger partial charge is 0.319 e. The van der Waals surface area contributed by atoms with Crippen molar-refractivity contribution in [3.05, 3.63) is 71.4 Å². The largest absolute Gasteiger partial charge is 0.495 e. The van der Waals surface area contributed by atoms with Gasteiger partial charge in [-0.05, 0) is 49.7 Å². The maximum atomic E-state index is 12.7. The first-order valence-corrected chi connectivity index (χ1v) is 10.8. The third-order valence-electron chi connectivity index (χ3n) is 5.52. The van der Waals surface area contributed by atoms with E-state index in [9.17, 15) is 4.79 Å². The van der Waals surface area contributed by atoms with Crippen molar-refractivity contribution in [2.45, 2.75) is 25.3 Å². The van der Waals surface area contributed by atoms with Crippen LogP contribution in [0.4, 0.5) is 16.3 Å². The van der Waals surface area contributed by atoms with E-state index >= 15 is 0 Å². The maximum Gasteiger partial charge on any atom is 0.319 e. The maximum absolute atomic E-state index is 12.7. The quantitative estimate of drug-likeness (QED) is 0.607. The lowest BCUT2D eigenvalue weighted by Crippen LogP contribution is -2.51. The minimum atomic E-state index is -0.262. The molecule has 2 N–H and O–H groups in total. The van der Waals surface area contributed by atoms with Gasteiger partial charge in [0.05, 0.1) is 13.3 Å². The highest BCUT2D eigenvalue weighted by molar-refractivity contribution is 6.30. The molecule has 1 aliphatic rings. The first kappa shape index (κ1) is 21.8. The summed E-state index contributed by atoms with van der Waals surface area (Å²) in [5.41, 5.74) is 2.48. The van der Waals surface area contributed by atoms with Crippen molar-refractivity contribution in [2.24, 2.45) is 0 Å². The van der Waals surface area contributed by atoms with Crippen molar-refractivity contribution in [3.63, 3.8) is 0 Å². The van der Waals surface area contributed by atoms with Gasteiger partial charge in [-0.2, -0.15) is 0 Å². The van der Waals surface area contributed by atoms with E-state index in [2.05, 4.69) is 30.5 Å². The normalized spacial score (nSPS) is 18.2. The molecule has 2 unspecified atom stereocenters. The molecule has 1 aliphatic heterocycles. The molecular formula is C23H25ClN6O2. The zero-order valence-electron chi connectivity index (χ0n) is 18.0. The van der Waals surface area contributed by atoms with E-state index in [1.54, 1.807) is 43.9 Å². The number of hydrogen-bond acceptors (Lipinski definition) is 6. The summed E-state index contributed by atoms with van der Waals surface area (Å²) in [5.74, 6) is 1.54. The van der Waals surface area contributed by atoms with Gasteiger partial charge in [-0.25, -0.2) is 14.8 Å². The number of hydrogen-bond donors (Lipinski definition) is 2. The van der Waals surface area contributed by atoms with Gasteiger partial charge >= 0.3 is 6.03 Å². The molecule has 4 rings (SSSR count). The minimum absolute atomic E-state index is 0.0269. The van der Waals surface area contributed by atoms with Crippen LogP contribution in [-0.2, 0) is 0 Å². The Morgan fingerprint density at radius 2 is 1.97 bits per heavy atom. The number of pyridine rings is 1. The van der Waals surface area contributed by atoms with Gasteiger partial charge in [0.15, 0.2) is 0 Å². The first-order valence-electron chi connectivity index (χ1n) is 10.4. The highest BCUT2D eigenvalue weighted by Gasteiger charge is 2.33. The fourth-order valence-electron chi connectivity index (χ4n) is 3.85. The SMILES string of the molecule is COc1ccc(C2CN(c3cc(C)ncn3)CCC2NC(=O)Nc2ccc(Cl)cc2)nc1. The molecule has 8 nitrogen and oxygen atoms in total. The highest BCUT2D eigenvalue weighted by atomic mass is 35.5. The molecule has 3 heterocycles. The van der Waals surface area contributed by atoms with E-state index < -0.39 is 0 Å². The van der Waals surface area contributed by atoms with Gasteiger partial charge in [-0.3, -0.25) is 4.98 Å². The lowest BCUT2D eigenvalue weighted by atomic mass is 9.88. The molecule has 0 saturated carbocycles. The molecule has 0 radical (unpaired) electrons. The Morgan fingerprint density at radius 1 is 1.16 bits per heavy atom. The van der Waals surface area contributed by atoms with Gasteiger partial charge in [0, 0.05) is 53.2 Å². The molecule has 9 heteroatoms. The average Bonchev–Trinajstić information content (AvgIpc) is 2.81. The van der Waals surface area contributed by atoms with Crippen LogP contribution in [0, 0.1) is 6.92 Å². The number of aryl methyl sites for hydroxylation is 1. The second-order valence-corrected chi connectivity index (χ2v) is 8.13. The Morgan fingerprint density at radius 3 is 2.66 bits per heavy atom. The lowest BCUT2D eigenvalue weighted by molar-refractivity contribution is 0.243. The molecular weight excluding hydrogens is 428 g/mol. The van der Waals surface area contributed by atoms with Crippen molar-refractivity contribution < 1.29 is 9.53 Å². The van der Waals surface area contributed by atoms with Crippen molar-refractivity contribution in [1.29, 1.82) is 0 Å². The van der Waals surface area contributed by atoms with E-state index in [-0.39, 0.29) is 18.0 Å². The highest BCUT2D eigenvalue weighted by Crippen LogP contribution is 2.30. The number of urea groups is 1. The molecule has 32 heavy (non-hydrogen) atoms. The van der Waals surface area contributed by atoms with Gasteiger partial charge in [0.2, 0.25) is 0 Å². The van der Waals surface area contributed by atoms with Crippen molar-refractivity contribution in [1.82, 2.24) is 20.3 Å². The van der Waals surface area contributed by atoms with Crippen LogP contribution < -0.4 is 20.3 Å². The Hall–Kier alpha value is -3.39. The van der Waals surface area contributed by atoms with Gasteiger partial charge < -0.3 is 20.3 Å². The summed E-state index contributed by atoms with van der Waals surface area (Å²) in [4.78, 5) is 28.1. The van der Waals surface area contributed by atoms with Crippen LogP contribution in [0.1, 0.15) is 23.7 Å². The first-order chi connectivity index (χ1) is 15.5. The molecule has 1 fully saturated rings. The van der Waals surface area contributed by atoms with Gasteiger partial charge in [-0.15, -0.1) is 0 Å². The number of aromatic nitrogens is 3. The molecule has 0 bridgehead atoms. The van der Waals surface area contributed by atoms with Crippen LogP contribution in [-0.4, -0.2) is 47.2 Å². The van der Waals surface area contributed by atoms with Crippen LogP contribution in [0.25, 0.3) is 0 Å². The number of benzene rings is 1. The monoisotopic (exact) mass is 452 g/mol. The summed E-state index contributed by atoms with van der Waals surface area (Å²) in [6.07, 6.45) is 4.03. The number of nitrogens with zero attached hydrogens (tertiary/aromatic N) is 4. The van der Waals surface area contributed by atoms with Crippen LogP contribution >= 0.6 is 11.6 Å². The van der Waals surface area contributed by atoms with E-state index in [1.165, 1.54) is 0 Å². The van der Waals surface area contributed by atoms with Crippen molar-refractivity contribution in [3.8, 4) is 5.75 Å². The summed E-state index contributed by atoms with van der Waals surface area (Å²) in [7, 11) is 1.61. The standard InChI is InChI=1S/C23H25ClN6O2/c1-15-11-22(27-14-26-15)30-10-9-21(19(13-30)20-8-7-18(32-2)12-25-20)29-23(31)28-17-5-3-16(24)4-6-17/h3-8,11-12,14,19,21H,9-10,13H2,1-2H3,(H2,28,29,31). The Bertz CT molecular complexity index is 1060. The van der Waals surface area contributed by atoms with E-state index in [1.807, 2.05) is 25.1 Å². The predicted octanol–water partition coefficient (Wildman–Crippen LogP) is 4.03. The molecule has 2 amide bonds. The summed E-state index contributed by atoms with van der Waals surface area (Å²) in [6, 6.07) is 12.5. The number of rotatable bonds is 5. The molecule has 2 aromatic heterocycles. The number of ether oxygens (including phenoxy) is 1. The second-order valence-electron chi connectivity index (χ2n) is 7.69. The summed E-state index contributed by atoms with van der Waals surface area (Å²) in [6.45, 7) is 3.37. The number of carbonyl (C=O) groups is 1. The number of nitrogens with one attached hydrogen (secondary N) is 2. The summed E-state index contributed by atoms with van der Waals surface area (Å²) >= 11 is 5.93. The number of carbonyl (C=O) groups excluding carboxylic acids is 1. The van der Waals surface area contributed by atoms with Crippen LogP contribution in [0.2, 0.25) is 5.02 Å². The predicted molar refractivity (Wildman–Crippen MR) is 125 cm³/mol. The van der Waals surface area contributed by atoms with Crippen LogP contribution in [0.5, 0.6) is 5.75 Å². The zero-order chi connectivity index (χ0) is 22.5. The number of methoxy groups -OCH3 is 1. The average molecular weight is 453 g/mol. The number of piperidine rings is 1. The summed E-state index contributed by atoms with van der Waals surface area (Å²) in [5, 5.41) is 6.62. The second kappa shape index (κ2) is 9.82. The lowest BCUT2D eigenvalue weighted by Gasteiger charge is -2.39. The van der Waals surface area contributed by atoms with Gasteiger partial charge in [0.1, 0.15) is 17.9 Å². The molecule has 166 valence electrons. The summed E-state index contributed by atoms with van der Waals surface area (Å²) < 4.78 is 5.25. The van der Waals surface area contributed by atoms with Gasteiger partial charge in [0.25, 0.3) is 0 Å². The Balaban J connectivity index is 1.52. The Kier molecular flexibility index (Phi) is 6.70. The van der Waals surface area contributed by atoms with Crippen LogP contribution in [0.15, 0.2) is 55.0 Å². The Labute approximate surface area is 192 Å². The topological polar surface area (TPSA) is 92.3 Å². The zero-order valence-corrected chi connectivity index (χ0v) is 18.7. The van der Waals surface area contributed by atoms with Gasteiger partial charge in [-0.1, -0.05) is 11.6 Å². The molecule has 0 aliphatic carbocycles. The molecule has 1 aromatic carbocycles. The molecule has 3 aromatic rings. The number of anilines is 2. The van der Waals surface area contributed by atoms with E-state index in [4.69, 9.17) is 16.3 Å². The fraction of sp³-hybridized carbons (Fsp3) is 0.304. The molecule has 0 spiro atoms. The molecule has 2 atom stereocenters. The minimum Gasteiger partial charge on any atom is -0.495 e. The third kappa shape index (κ3) is 5.26. The van der Waals surface area contributed by atoms with E-state index in [0.29, 0.717) is 23.0 Å². The number of amides is 2. The van der Waals surface area contributed by atoms with E-state index in [0.717, 1.165) is 30.2 Å². The third-order valence-corrected chi connectivity index (χ3v) is 5.77. The molecule has 1 saturated heterocycles. The van der Waals surface area contributed by atoms with Crippen LogP contribution in [0.3, 0.4) is 0 Å². The fourth-order valence-corrected chi connectivity index (χ4v) is 3.97. The number of halogens is 1. The van der Waals surface area contributed by atoms with Crippen molar-refractivity contribution in [2.75, 3.05) is 30.4 Å². The van der Waals surface area contributed by atoms with Crippen molar-refractivity contribution >= 4 is 29.1 Å².